The van der Waals surface area contributed by atoms with Crippen LogP contribution < -0.4 is 10.5 Å². The van der Waals surface area contributed by atoms with Crippen molar-refractivity contribution in [3.8, 4) is 5.75 Å². The van der Waals surface area contributed by atoms with Crippen LogP contribution in [0.3, 0.4) is 0 Å². The van der Waals surface area contributed by atoms with Crippen LogP contribution in [0.4, 0.5) is 5.69 Å². The molecule has 1 heterocycles. The van der Waals surface area contributed by atoms with Gasteiger partial charge in [-0.2, -0.15) is 0 Å². The van der Waals surface area contributed by atoms with E-state index in [9.17, 15) is 9.90 Å². The number of rotatable bonds is 2. The molecule has 17 heavy (non-hydrogen) atoms. The molecule has 1 aromatic rings. The first kappa shape index (κ1) is 11.7. The number of aliphatic hydroxyl groups excluding tert-OH is 1. The fourth-order valence-corrected chi connectivity index (χ4v) is 2.05. The lowest BCUT2D eigenvalue weighted by Gasteiger charge is -2.18. The zero-order chi connectivity index (χ0) is 12.4. The monoisotopic (exact) mass is 236 g/mol. The fraction of sp³-hybridized carbons (Fsp3) is 0.417. The van der Waals surface area contributed by atoms with Crippen LogP contribution in [0, 0.1) is 0 Å². The largest absolute Gasteiger partial charge is 0.494 e. The van der Waals surface area contributed by atoms with E-state index in [1.165, 1.54) is 7.11 Å². The first-order valence-electron chi connectivity index (χ1n) is 5.53. The summed E-state index contributed by atoms with van der Waals surface area (Å²) < 4.78 is 5.15. The molecule has 2 rings (SSSR count). The Kier molecular flexibility index (Phi) is 3.19. The number of anilines is 1. The highest BCUT2D eigenvalue weighted by atomic mass is 16.5. The summed E-state index contributed by atoms with van der Waals surface area (Å²) in [5.74, 6) is 0.254. The number of amides is 1. The molecule has 5 nitrogen and oxygen atoms in total. The summed E-state index contributed by atoms with van der Waals surface area (Å²) in [6.07, 6.45) is 0.196. The Labute approximate surface area is 99.8 Å². The summed E-state index contributed by atoms with van der Waals surface area (Å²) in [6, 6.07) is 5.09. The zero-order valence-electron chi connectivity index (χ0n) is 9.72. The molecule has 1 aliphatic heterocycles. The fourth-order valence-electron chi connectivity index (χ4n) is 2.05. The number of aliphatic hydroxyl groups is 1. The molecule has 1 fully saturated rings. The number of para-hydroxylation sites is 1. The molecule has 1 atom stereocenters. The van der Waals surface area contributed by atoms with Gasteiger partial charge < -0.3 is 20.5 Å². The Bertz CT molecular complexity index is 434. The molecule has 0 aromatic heterocycles. The van der Waals surface area contributed by atoms with Crippen LogP contribution >= 0.6 is 0 Å². The standard InChI is InChI=1S/C12H16N2O3/c1-17-11-9(3-2-4-10(11)13)12(16)14-6-5-8(15)7-14/h2-4,8,15H,5-7,13H2,1H3/t8-/m1/s1. The first-order chi connectivity index (χ1) is 8.13. The molecule has 1 aromatic carbocycles. The Morgan fingerprint density at radius 3 is 2.94 bits per heavy atom. The Morgan fingerprint density at radius 1 is 1.59 bits per heavy atom. The maximum atomic E-state index is 12.2. The van der Waals surface area contributed by atoms with E-state index >= 15 is 0 Å². The van der Waals surface area contributed by atoms with Gasteiger partial charge >= 0.3 is 0 Å². The molecule has 1 aliphatic rings. The average molecular weight is 236 g/mol. The van der Waals surface area contributed by atoms with Crippen molar-refractivity contribution in [2.24, 2.45) is 0 Å². The smallest absolute Gasteiger partial charge is 0.257 e. The van der Waals surface area contributed by atoms with Crippen LogP contribution in [0.25, 0.3) is 0 Å². The van der Waals surface area contributed by atoms with E-state index in [0.29, 0.717) is 36.5 Å². The third-order valence-electron chi connectivity index (χ3n) is 2.93. The van der Waals surface area contributed by atoms with Gasteiger partial charge in [-0.25, -0.2) is 0 Å². The number of ether oxygens (including phenoxy) is 1. The molecule has 3 N–H and O–H groups in total. The molecule has 1 amide bonds. The van der Waals surface area contributed by atoms with Crippen molar-refractivity contribution in [1.29, 1.82) is 0 Å². The lowest BCUT2D eigenvalue weighted by Crippen LogP contribution is -2.29. The van der Waals surface area contributed by atoms with Gasteiger partial charge in [0.05, 0.1) is 24.5 Å². The van der Waals surface area contributed by atoms with E-state index < -0.39 is 6.10 Å². The molecule has 0 unspecified atom stereocenters. The molecule has 0 bridgehead atoms. The second kappa shape index (κ2) is 4.63. The number of likely N-dealkylation sites (tertiary alicyclic amines) is 1. The number of hydrogen-bond acceptors (Lipinski definition) is 4. The second-order valence-electron chi connectivity index (χ2n) is 4.12. The molecule has 92 valence electrons. The molecule has 0 saturated carbocycles. The quantitative estimate of drug-likeness (QED) is 0.732. The van der Waals surface area contributed by atoms with E-state index in [0.717, 1.165) is 0 Å². The van der Waals surface area contributed by atoms with Crippen molar-refractivity contribution in [3.63, 3.8) is 0 Å². The van der Waals surface area contributed by atoms with Gasteiger partial charge in [0.1, 0.15) is 0 Å². The minimum atomic E-state index is -0.425. The van der Waals surface area contributed by atoms with E-state index in [-0.39, 0.29) is 5.91 Å². The van der Waals surface area contributed by atoms with E-state index in [4.69, 9.17) is 10.5 Å². The Hall–Kier alpha value is -1.75. The lowest BCUT2D eigenvalue weighted by molar-refractivity contribution is 0.0761. The summed E-state index contributed by atoms with van der Waals surface area (Å²) >= 11 is 0. The number of hydrogen-bond donors (Lipinski definition) is 2. The van der Waals surface area contributed by atoms with Gasteiger partial charge in [0.2, 0.25) is 0 Å². The minimum Gasteiger partial charge on any atom is -0.494 e. The Balaban J connectivity index is 2.28. The SMILES string of the molecule is COc1c(N)cccc1C(=O)N1CC[C@@H](O)C1. The highest BCUT2D eigenvalue weighted by molar-refractivity contribution is 5.98. The maximum Gasteiger partial charge on any atom is 0.257 e. The van der Waals surface area contributed by atoms with Gasteiger partial charge in [-0.15, -0.1) is 0 Å². The van der Waals surface area contributed by atoms with Crippen LogP contribution in [0.2, 0.25) is 0 Å². The minimum absolute atomic E-state index is 0.147. The van der Waals surface area contributed by atoms with Crippen molar-refractivity contribution in [1.82, 2.24) is 4.90 Å². The van der Waals surface area contributed by atoms with Gasteiger partial charge in [-0.1, -0.05) is 6.07 Å². The number of methoxy groups -OCH3 is 1. The third-order valence-corrected chi connectivity index (χ3v) is 2.93. The summed E-state index contributed by atoms with van der Waals surface area (Å²) in [5.41, 5.74) is 6.64. The van der Waals surface area contributed by atoms with Crippen LogP contribution in [0.1, 0.15) is 16.8 Å². The first-order valence-corrected chi connectivity index (χ1v) is 5.53. The van der Waals surface area contributed by atoms with E-state index in [2.05, 4.69) is 0 Å². The van der Waals surface area contributed by atoms with Crippen molar-refractivity contribution in [2.45, 2.75) is 12.5 Å². The van der Waals surface area contributed by atoms with Crippen molar-refractivity contribution >= 4 is 11.6 Å². The topological polar surface area (TPSA) is 75.8 Å². The average Bonchev–Trinajstić information content (AvgIpc) is 2.74. The molecule has 0 aliphatic carbocycles. The second-order valence-corrected chi connectivity index (χ2v) is 4.12. The van der Waals surface area contributed by atoms with Crippen LogP contribution in [0.5, 0.6) is 5.75 Å². The number of carbonyl (C=O) groups is 1. The van der Waals surface area contributed by atoms with Gasteiger partial charge in [0.15, 0.2) is 5.75 Å². The predicted molar refractivity (Wildman–Crippen MR) is 63.9 cm³/mol. The molecular formula is C12H16N2O3. The lowest BCUT2D eigenvalue weighted by atomic mass is 10.1. The molecule has 0 spiro atoms. The number of β-amino-alcohol motifs (C(OH)–C–C–N with tert-alkyl or cyclic N) is 1. The van der Waals surface area contributed by atoms with Crippen molar-refractivity contribution < 1.29 is 14.6 Å². The summed E-state index contributed by atoms with van der Waals surface area (Å²) in [4.78, 5) is 13.8. The summed E-state index contributed by atoms with van der Waals surface area (Å²) in [5, 5.41) is 9.43. The molecule has 5 heteroatoms. The van der Waals surface area contributed by atoms with Gasteiger partial charge in [-0.05, 0) is 18.6 Å². The van der Waals surface area contributed by atoms with Crippen molar-refractivity contribution in [2.75, 3.05) is 25.9 Å². The maximum absolute atomic E-state index is 12.2. The number of benzene rings is 1. The highest BCUT2D eigenvalue weighted by Gasteiger charge is 2.27. The normalized spacial score (nSPS) is 19.4. The molecule has 0 radical (unpaired) electrons. The predicted octanol–water partition coefficient (Wildman–Crippen LogP) is 0.484. The highest BCUT2D eigenvalue weighted by Crippen LogP contribution is 2.27. The summed E-state index contributed by atoms with van der Waals surface area (Å²) in [7, 11) is 1.49. The molecular weight excluding hydrogens is 220 g/mol. The van der Waals surface area contributed by atoms with E-state index in [1.54, 1.807) is 23.1 Å². The van der Waals surface area contributed by atoms with Crippen molar-refractivity contribution in [3.05, 3.63) is 23.8 Å². The zero-order valence-corrected chi connectivity index (χ0v) is 9.72. The van der Waals surface area contributed by atoms with Gasteiger partial charge in [0.25, 0.3) is 5.91 Å². The number of nitrogens with zero attached hydrogens (tertiary/aromatic N) is 1. The number of nitrogen functional groups attached to an aromatic ring is 1. The Morgan fingerprint density at radius 2 is 2.35 bits per heavy atom. The third kappa shape index (κ3) is 2.19. The van der Waals surface area contributed by atoms with Gasteiger partial charge in [-0.3, -0.25) is 4.79 Å². The van der Waals surface area contributed by atoms with Crippen LogP contribution in [0.15, 0.2) is 18.2 Å². The van der Waals surface area contributed by atoms with Gasteiger partial charge in [0, 0.05) is 13.1 Å². The number of carbonyl (C=O) groups excluding carboxylic acids is 1. The van der Waals surface area contributed by atoms with Crippen LogP contribution in [-0.2, 0) is 0 Å². The molecule has 1 saturated heterocycles. The van der Waals surface area contributed by atoms with E-state index in [1.807, 2.05) is 0 Å². The summed E-state index contributed by atoms with van der Waals surface area (Å²) in [6.45, 7) is 0.939. The number of nitrogens with two attached hydrogens (primary N) is 1. The van der Waals surface area contributed by atoms with Crippen LogP contribution in [-0.4, -0.2) is 42.2 Å².